The monoisotopic (exact) mass is 341 g/mol. The van der Waals surface area contributed by atoms with Crippen molar-refractivity contribution < 1.29 is 14.2 Å². The molecule has 1 aliphatic carbocycles. The van der Waals surface area contributed by atoms with E-state index in [-0.39, 0.29) is 6.10 Å². The van der Waals surface area contributed by atoms with Crippen molar-refractivity contribution in [2.75, 3.05) is 14.2 Å². The lowest BCUT2D eigenvalue weighted by Crippen LogP contribution is -2.51. The molecule has 0 aromatic heterocycles. The third-order valence-electron chi connectivity index (χ3n) is 5.05. The fourth-order valence-corrected chi connectivity index (χ4v) is 3.62. The van der Waals surface area contributed by atoms with Crippen LogP contribution in [0.2, 0.25) is 0 Å². The van der Waals surface area contributed by atoms with Crippen molar-refractivity contribution in [3.63, 3.8) is 0 Å². The minimum atomic E-state index is -0.428. The van der Waals surface area contributed by atoms with Gasteiger partial charge in [-0.1, -0.05) is 43.2 Å². The van der Waals surface area contributed by atoms with Crippen LogP contribution >= 0.6 is 0 Å². The Morgan fingerprint density at radius 1 is 1.00 bits per heavy atom. The van der Waals surface area contributed by atoms with E-state index in [0.717, 1.165) is 48.3 Å². The summed E-state index contributed by atoms with van der Waals surface area (Å²) in [6, 6.07) is 16.1. The molecule has 2 N–H and O–H groups in total. The highest BCUT2D eigenvalue weighted by Gasteiger charge is 2.39. The summed E-state index contributed by atoms with van der Waals surface area (Å²) < 4.78 is 17.0. The number of rotatable bonds is 6. The van der Waals surface area contributed by atoms with Crippen molar-refractivity contribution in [2.24, 2.45) is 5.73 Å². The number of hydrogen-bond acceptors (Lipinski definition) is 4. The fraction of sp³-hybridized carbons (Fsp3) is 0.429. The average molecular weight is 341 g/mol. The molecule has 0 radical (unpaired) electrons. The first-order valence-electron chi connectivity index (χ1n) is 8.83. The first kappa shape index (κ1) is 17.8. The summed E-state index contributed by atoms with van der Waals surface area (Å²) in [6.07, 6.45) is 4.21. The van der Waals surface area contributed by atoms with Crippen LogP contribution in [0.4, 0.5) is 0 Å². The number of methoxy groups -OCH3 is 2. The fourth-order valence-electron chi connectivity index (χ4n) is 3.62. The normalized spacial score (nSPS) is 23.2. The zero-order chi connectivity index (χ0) is 17.7. The van der Waals surface area contributed by atoms with Crippen molar-refractivity contribution in [3.05, 3.63) is 59.7 Å². The molecule has 2 unspecified atom stereocenters. The van der Waals surface area contributed by atoms with Gasteiger partial charge in [-0.3, -0.25) is 0 Å². The van der Waals surface area contributed by atoms with E-state index in [1.807, 2.05) is 36.4 Å². The van der Waals surface area contributed by atoms with E-state index in [4.69, 9.17) is 19.9 Å². The Balaban J connectivity index is 1.77. The number of nitrogens with two attached hydrogens (primary N) is 1. The van der Waals surface area contributed by atoms with E-state index < -0.39 is 5.54 Å². The third kappa shape index (κ3) is 3.97. The maximum absolute atomic E-state index is 6.83. The topological polar surface area (TPSA) is 53.7 Å². The van der Waals surface area contributed by atoms with Crippen molar-refractivity contribution >= 4 is 0 Å². The molecule has 0 heterocycles. The number of ether oxygens (including phenoxy) is 3. The molecule has 1 aliphatic rings. The van der Waals surface area contributed by atoms with Gasteiger partial charge in [-0.15, -0.1) is 0 Å². The van der Waals surface area contributed by atoms with E-state index in [0.29, 0.717) is 6.61 Å². The van der Waals surface area contributed by atoms with E-state index in [1.54, 1.807) is 14.2 Å². The van der Waals surface area contributed by atoms with Crippen LogP contribution in [0.15, 0.2) is 48.5 Å². The minimum absolute atomic E-state index is 0.000783. The van der Waals surface area contributed by atoms with E-state index in [2.05, 4.69) is 12.1 Å². The van der Waals surface area contributed by atoms with Gasteiger partial charge in [-0.25, -0.2) is 0 Å². The predicted octanol–water partition coefficient (Wildman–Crippen LogP) is 4.02. The van der Waals surface area contributed by atoms with Crippen LogP contribution in [-0.4, -0.2) is 20.3 Å². The summed E-state index contributed by atoms with van der Waals surface area (Å²) in [5.41, 5.74) is 8.58. The van der Waals surface area contributed by atoms with Gasteiger partial charge in [-0.05, 0) is 36.1 Å². The third-order valence-corrected chi connectivity index (χ3v) is 5.05. The molecule has 0 aliphatic heterocycles. The van der Waals surface area contributed by atoms with Crippen LogP contribution in [0.3, 0.4) is 0 Å². The molecule has 2 atom stereocenters. The van der Waals surface area contributed by atoms with Crippen LogP contribution in [-0.2, 0) is 16.9 Å². The molecule has 4 nitrogen and oxygen atoms in total. The molecule has 2 aromatic carbocycles. The molecular weight excluding hydrogens is 314 g/mol. The largest absolute Gasteiger partial charge is 0.497 e. The van der Waals surface area contributed by atoms with Crippen molar-refractivity contribution in [1.29, 1.82) is 0 Å². The SMILES string of the molecule is COc1cc(COC2CCCCC2(N)c2ccccc2)cc(OC)c1. The first-order chi connectivity index (χ1) is 12.2. The van der Waals surface area contributed by atoms with Gasteiger partial charge in [-0.2, -0.15) is 0 Å². The Labute approximate surface area is 149 Å². The minimum Gasteiger partial charge on any atom is -0.497 e. The van der Waals surface area contributed by atoms with Crippen LogP contribution in [0, 0.1) is 0 Å². The molecular formula is C21H27NO3. The Hall–Kier alpha value is -2.04. The van der Waals surface area contributed by atoms with E-state index >= 15 is 0 Å². The Morgan fingerprint density at radius 3 is 2.32 bits per heavy atom. The van der Waals surface area contributed by atoms with Gasteiger partial charge in [0.1, 0.15) is 11.5 Å². The summed E-state index contributed by atoms with van der Waals surface area (Å²) >= 11 is 0. The molecule has 134 valence electrons. The van der Waals surface area contributed by atoms with Crippen molar-refractivity contribution in [3.8, 4) is 11.5 Å². The zero-order valence-corrected chi connectivity index (χ0v) is 15.0. The molecule has 2 aromatic rings. The summed E-state index contributed by atoms with van der Waals surface area (Å²) in [4.78, 5) is 0. The molecule has 3 rings (SSSR count). The number of benzene rings is 2. The van der Waals surface area contributed by atoms with Crippen LogP contribution in [0.5, 0.6) is 11.5 Å². The maximum atomic E-state index is 6.83. The zero-order valence-electron chi connectivity index (χ0n) is 15.0. The highest BCUT2D eigenvalue weighted by atomic mass is 16.5. The lowest BCUT2D eigenvalue weighted by Gasteiger charge is -2.41. The van der Waals surface area contributed by atoms with Gasteiger partial charge >= 0.3 is 0 Å². The lowest BCUT2D eigenvalue weighted by atomic mass is 9.75. The quantitative estimate of drug-likeness (QED) is 0.862. The van der Waals surface area contributed by atoms with Gasteiger partial charge < -0.3 is 19.9 Å². The van der Waals surface area contributed by atoms with Gasteiger partial charge in [0.05, 0.1) is 32.5 Å². The molecule has 25 heavy (non-hydrogen) atoms. The van der Waals surface area contributed by atoms with Crippen molar-refractivity contribution in [2.45, 2.75) is 43.9 Å². The molecule has 1 saturated carbocycles. The van der Waals surface area contributed by atoms with Crippen molar-refractivity contribution in [1.82, 2.24) is 0 Å². The highest BCUT2D eigenvalue weighted by Crippen LogP contribution is 2.37. The molecule has 0 saturated heterocycles. The molecule has 0 bridgehead atoms. The predicted molar refractivity (Wildman–Crippen MR) is 98.9 cm³/mol. The smallest absolute Gasteiger partial charge is 0.122 e. The summed E-state index contributed by atoms with van der Waals surface area (Å²) in [5.74, 6) is 1.53. The van der Waals surface area contributed by atoms with Crippen LogP contribution < -0.4 is 15.2 Å². The summed E-state index contributed by atoms with van der Waals surface area (Å²) in [5, 5.41) is 0. The molecule has 1 fully saturated rings. The Kier molecular flexibility index (Phi) is 5.61. The molecule has 0 spiro atoms. The maximum Gasteiger partial charge on any atom is 0.122 e. The summed E-state index contributed by atoms with van der Waals surface area (Å²) in [6.45, 7) is 0.490. The first-order valence-corrected chi connectivity index (χ1v) is 8.83. The Bertz CT molecular complexity index is 667. The Morgan fingerprint density at radius 2 is 1.68 bits per heavy atom. The molecule has 4 heteroatoms. The summed E-state index contributed by atoms with van der Waals surface area (Å²) in [7, 11) is 3.31. The van der Waals surface area contributed by atoms with Crippen LogP contribution in [0.25, 0.3) is 0 Å². The van der Waals surface area contributed by atoms with Gasteiger partial charge in [0, 0.05) is 6.07 Å². The highest BCUT2D eigenvalue weighted by molar-refractivity contribution is 5.38. The standard InChI is InChI=1S/C21H27NO3/c1-23-18-12-16(13-19(14-18)24-2)15-25-20-10-6-7-11-21(20,22)17-8-4-3-5-9-17/h3-5,8-9,12-14,20H,6-7,10-11,15,22H2,1-2H3. The second kappa shape index (κ2) is 7.89. The average Bonchev–Trinajstić information content (AvgIpc) is 2.67. The van der Waals surface area contributed by atoms with Gasteiger partial charge in [0.25, 0.3) is 0 Å². The second-order valence-corrected chi connectivity index (χ2v) is 6.67. The van der Waals surface area contributed by atoms with Gasteiger partial charge in [0.15, 0.2) is 0 Å². The van der Waals surface area contributed by atoms with Crippen LogP contribution in [0.1, 0.15) is 36.8 Å². The van der Waals surface area contributed by atoms with Gasteiger partial charge in [0.2, 0.25) is 0 Å². The van der Waals surface area contributed by atoms with E-state index in [9.17, 15) is 0 Å². The molecule has 0 amide bonds. The lowest BCUT2D eigenvalue weighted by molar-refractivity contribution is -0.0374. The second-order valence-electron chi connectivity index (χ2n) is 6.67. The van der Waals surface area contributed by atoms with E-state index in [1.165, 1.54) is 0 Å². The number of hydrogen-bond donors (Lipinski definition) is 1.